The van der Waals surface area contributed by atoms with Crippen molar-refractivity contribution in [3.63, 3.8) is 0 Å². The highest BCUT2D eigenvalue weighted by Crippen LogP contribution is 2.32. The first-order valence-corrected chi connectivity index (χ1v) is 12.0. The Morgan fingerprint density at radius 1 is 1.14 bits per heavy atom. The fourth-order valence-corrected chi connectivity index (χ4v) is 3.99. The van der Waals surface area contributed by atoms with E-state index < -0.39 is 48.4 Å². The van der Waals surface area contributed by atoms with E-state index in [1.807, 2.05) is 13.8 Å². The first-order chi connectivity index (χ1) is 17.1. The van der Waals surface area contributed by atoms with Crippen LogP contribution in [-0.4, -0.2) is 67.2 Å². The van der Waals surface area contributed by atoms with Crippen molar-refractivity contribution in [3.05, 3.63) is 29.8 Å². The average Bonchev–Trinajstić information content (AvgIpc) is 3.24. The van der Waals surface area contributed by atoms with Gasteiger partial charge in [-0.1, -0.05) is 38.5 Å². The number of hydrogen-bond donors (Lipinski definition) is 3. The summed E-state index contributed by atoms with van der Waals surface area (Å²) in [5, 5.41) is 7.68. The summed E-state index contributed by atoms with van der Waals surface area (Å²) in [7, 11) is 0. The first-order valence-electron chi connectivity index (χ1n) is 12.0. The van der Waals surface area contributed by atoms with E-state index in [1.165, 1.54) is 11.8 Å². The van der Waals surface area contributed by atoms with Crippen LogP contribution in [0, 0.1) is 5.92 Å². The average molecular weight is 503 g/mol. The molecule has 0 bridgehead atoms. The van der Waals surface area contributed by atoms with Crippen LogP contribution < -0.4 is 20.9 Å². The molecule has 196 valence electrons. The van der Waals surface area contributed by atoms with E-state index in [2.05, 4.69) is 16.0 Å². The summed E-state index contributed by atoms with van der Waals surface area (Å²) >= 11 is 0. The van der Waals surface area contributed by atoms with Crippen LogP contribution in [0.1, 0.15) is 46.1 Å². The zero-order valence-electron chi connectivity index (χ0n) is 21.0. The van der Waals surface area contributed by atoms with Crippen LogP contribution in [0.3, 0.4) is 0 Å². The number of nitrogens with one attached hydrogen (secondary N) is 3. The summed E-state index contributed by atoms with van der Waals surface area (Å²) < 4.78 is 4.83. The molecule has 36 heavy (non-hydrogen) atoms. The third kappa shape index (κ3) is 7.37. The fourth-order valence-electron chi connectivity index (χ4n) is 3.99. The van der Waals surface area contributed by atoms with Crippen LogP contribution in [0.2, 0.25) is 0 Å². The number of fused-ring (bicyclic) bond motifs is 1. The van der Waals surface area contributed by atoms with Gasteiger partial charge in [0.25, 0.3) is 0 Å². The van der Waals surface area contributed by atoms with E-state index in [-0.39, 0.29) is 31.3 Å². The van der Waals surface area contributed by atoms with Crippen molar-refractivity contribution in [2.45, 2.75) is 65.1 Å². The van der Waals surface area contributed by atoms with Gasteiger partial charge in [0, 0.05) is 19.0 Å². The number of amides is 4. The topological polar surface area (TPSA) is 151 Å². The molecule has 1 aromatic rings. The summed E-state index contributed by atoms with van der Waals surface area (Å²) in [4.78, 5) is 75.1. The number of carbonyl (C=O) groups excluding carboxylic acids is 6. The van der Waals surface area contributed by atoms with Gasteiger partial charge in [-0.05, 0) is 24.5 Å². The quantitative estimate of drug-likeness (QED) is 0.274. The molecular weight excluding hydrogens is 468 g/mol. The second-order valence-electron chi connectivity index (χ2n) is 8.65. The Bertz CT molecular complexity index is 996. The van der Waals surface area contributed by atoms with Crippen molar-refractivity contribution in [3.8, 4) is 0 Å². The zero-order valence-corrected chi connectivity index (χ0v) is 21.0. The number of rotatable bonds is 12. The third-order valence-electron chi connectivity index (χ3n) is 6.00. The molecule has 4 atom stereocenters. The molecule has 11 nitrogen and oxygen atoms in total. The maximum Gasteiger partial charge on any atom is 0.308 e. The monoisotopic (exact) mass is 502 g/mol. The van der Waals surface area contributed by atoms with Crippen molar-refractivity contribution < 1.29 is 33.5 Å². The highest BCUT2D eigenvalue weighted by Gasteiger charge is 2.39. The molecule has 1 aromatic carbocycles. The Morgan fingerprint density at radius 2 is 1.83 bits per heavy atom. The van der Waals surface area contributed by atoms with Crippen LogP contribution >= 0.6 is 0 Å². The smallest absolute Gasteiger partial charge is 0.308 e. The van der Waals surface area contributed by atoms with E-state index in [9.17, 15) is 28.8 Å². The van der Waals surface area contributed by atoms with Crippen molar-refractivity contribution in [1.29, 1.82) is 0 Å². The number of para-hydroxylation sites is 1. The first kappa shape index (κ1) is 28.5. The lowest BCUT2D eigenvalue weighted by Crippen LogP contribution is -2.55. The Kier molecular flexibility index (Phi) is 10.6. The van der Waals surface area contributed by atoms with Crippen molar-refractivity contribution in [2.24, 2.45) is 5.92 Å². The molecule has 0 radical (unpaired) electrons. The normalized spacial score (nSPS) is 16.7. The number of aldehydes is 1. The molecule has 4 amide bonds. The maximum absolute atomic E-state index is 13.2. The minimum atomic E-state index is -1.11. The molecular formula is C25H34N4O7. The summed E-state index contributed by atoms with van der Waals surface area (Å²) in [6.07, 6.45) is 0.957. The molecule has 0 aliphatic carbocycles. The molecule has 1 aliphatic heterocycles. The number of nitrogens with zero attached hydrogens (tertiary/aromatic N) is 1. The molecule has 2 rings (SSSR count). The lowest BCUT2D eigenvalue weighted by Gasteiger charge is -2.27. The molecule has 0 saturated carbocycles. The van der Waals surface area contributed by atoms with Crippen LogP contribution in [-0.2, 0) is 39.9 Å². The van der Waals surface area contributed by atoms with Crippen molar-refractivity contribution in [1.82, 2.24) is 16.0 Å². The number of esters is 1. The van der Waals surface area contributed by atoms with Crippen LogP contribution in [0.5, 0.6) is 0 Å². The van der Waals surface area contributed by atoms with Crippen molar-refractivity contribution in [2.75, 3.05) is 18.1 Å². The van der Waals surface area contributed by atoms with E-state index in [0.29, 0.717) is 18.4 Å². The third-order valence-corrected chi connectivity index (χ3v) is 6.00. The van der Waals surface area contributed by atoms with Gasteiger partial charge in [0.1, 0.15) is 18.4 Å². The maximum atomic E-state index is 13.2. The number of carbonyl (C=O) groups is 6. The number of anilines is 1. The Hall–Kier alpha value is -3.76. The summed E-state index contributed by atoms with van der Waals surface area (Å²) in [5.74, 6) is -2.79. The van der Waals surface area contributed by atoms with Crippen LogP contribution in [0.4, 0.5) is 5.69 Å². The van der Waals surface area contributed by atoms with Gasteiger partial charge in [-0.25, -0.2) is 0 Å². The molecule has 11 heteroatoms. The summed E-state index contributed by atoms with van der Waals surface area (Å²) in [5.41, 5.74) is 1.27. The molecule has 0 fully saturated rings. The zero-order chi connectivity index (χ0) is 26.8. The van der Waals surface area contributed by atoms with E-state index >= 15 is 0 Å². The fraction of sp³-hybridized carbons (Fsp3) is 0.520. The highest BCUT2D eigenvalue weighted by molar-refractivity contribution is 6.05. The molecule has 0 saturated heterocycles. The van der Waals surface area contributed by atoms with Gasteiger partial charge in [-0.2, -0.15) is 0 Å². The molecule has 2 unspecified atom stereocenters. The molecule has 1 heterocycles. The molecule has 0 aromatic heterocycles. The van der Waals surface area contributed by atoms with Gasteiger partial charge < -0.3 is 25.5 Å². The number of ether oxygens (including phenoxy) is 1. The standard InChI is InChI=1S/C25H34N4O7/c1-5-15(3)23(27-16(4)31)25(35)26-13-21(32)29-19-10-8-7-9-17(19)11-20(29)24(34)28-18(14-30)12-22(33)36-6-2/h7-10,14-15,18,20,23H,5-6,11-13H2,1-4H3,(H,26,35)(H,27,31)(H,28,34)/t15-,18?,20?,23-/m0/s1. The molecule has 0 spiro atoms. The van der Waals surface area contributed by atoms with Gasteiger partial charge in [0.2, 0.25) is 23.6 Å². The van der Waals surface area contributed by atoms with Gasteiger partial charge in [0.05, 0.1) is 25.6 Å². The van der Waals surface area contributed by atoms with Gasteiger partial charge in [-0.3, -0.25) is 28.9 Å². The number of hydrogen-bond acceptors (Lipinski definition) is 7. The highest BCUT2D eigenvalue weighted by atomic mass is 16.5. The molecule has 3 N–H and O–H groups in total. The predicted octanol–water partition coefficient (Wildman–Crippen LogP) is 0.248. The van der Waals surface area contributed by atoms with E-state index in [1.54, 1.807) is 31.2 Å². The summed E-state index contributed by atoms with van der Waals surface area (Å²) in [6, 6.07) is 4.10. The lowest BCUT2D eigenvalue weighted by molar-refractivity contribution is -0.144. The van der Waals surface area contributed by atoms with Gasteiger partial charge >= 0.3 is 5.97 Å². The van der Waals surface area contributed by atoms with Crippen LogP contribution in [0.25, 0.3) is 0 Å². The summed E-state index contributed by atoms with van der Waals surface area (Å²) in [6.45, 7) is 6.39. The second-order valence-corrected chi connectivity index (χ2v) is 8.65. The Labute approximate surface area is 210 Å². The Morgan fingerprint density at radius 3 is 2.44 bits per heavy atom. The SMILES string of the molecule is CCOC(=O)CC(C=O)NC(=O)C1Cc2ccccc2N1C(=O)CNC(=O)[C@@H](NC(C)=O)[C@@H](C)CC. The van der Waals surface area contributed by atoms with Gasteiger partial charge in [0.15, 0.2) is 0 Å². The van der Waals surface area contributed by atoms with E-state index in [4.69, 9.17) is 4.74 Å². The Balaban J connectivity index is 2.16. The lowest BCUT2D eigenvalue weighted by atomic mass is 9.98. The van der Waals surface area contributed by atoms with Crippen molar-refractivity contribution >= 4 is 41.6 Å². The van der Waals surface area contributed by atoms with Crippen LogP contribution in [0.15, 0.2) is 24.3 Å². The predicted molar refractivity (Wildman–Crippen MR) is 131 cm³/mol. The van der Waals surface area contributed by atoms with Gasteiger partial charge in [-0.15, -0.1) is 0 Å². The largest absolute Gasteiger partial charge is 0.466 e. The number of benzene rings is 1. The second kappa shape index (κ2) is 13.4. The minimum absolute atomic E-state index is 0.143. The van der Waals surface area contributed by atoms with E-state index in [0.717, 1.165) is 5.56 Å². The molecule has 1 aliphatic rings. The minimum Gasteiger partial charge on any atom is -0.466 e.